The van der Waals surface area contributed by atoms with E-state index in [9.17, 15) is 4.79 Å². The molecule has 0 heterocycles. The number of nitrogens with zero attached hydrogens (tertiary/aromatic N) is 1. The molecule has 17 heavy (non-hydrogen) atoms. The normalized spacial score (nSPS) is 30.8. The molecule has 3 atom stereocenters. The van der Waals surface area contributed by atoms with Crippen molar-refractivity contribution in [2.75, 3.05) is 20.3 Å². The van der Waals surface area contributed by atoms with Gasteiger partial charge in [0.2, 0.25) is 5.91 Å². The van der Waals surface area contributed by atoms with E-state index in [1.165, 1.54) is 0 Å². The van der Waals surface area contributed by atoms with E-state index < -0.39 is 5.54 Å². The van der Waals surface area contributed by atoms with Gasteiger partial charge in [-0.2, -0.15) is 0 Å². The molecular weight excluding hydrogens is 218 g/mol. The van der Waals surface area contributed by atoms with Crippen LogP contribution in [0.4, 0.5) is 0 Å². The maximum absolute atomic E-state index is 11.3. The van der Waals surface area contributed by atoms with Crippen molar-refractivity contribution in [1.29, 1.82) is 0 Å². The summed E-state index contributed by atoms with van der Waals surface area (Å²) in [4.78, 5) is 13.7. The summed E-state index contributed by atoms with van der Waals surface area (Å²) in [6.45, 7) is 5.88. The highest BCUT2D eigenvalue weighted by atomic mass is 16.5. The standard InChI is InChI=1S/C12H25N3O2/c1-4-15(9(2)8-17-3)10-5-6-12(14,7-10)11(13)16/h9-10H,4-8,14H2,1-3H3,(H2,13,16). The summed E-state index contributed by atoms with van der Waals surface area (Å²) in [5.74, 6) is -0.379. The zero-order chi connectivity index (χ0) is 13.1. The molecule has 1 saturated carbocycles. The van der Waals surface area contributed by atoms with E-state index in [1.807, 2.05) is 0 Å². The molecule has 0 bridgehead atoms. The molecule has 0 aliphatic heterocycles. The lowest BCUT2D eigenvalue weighted by molar-refractivity contribution is -0.123. The molecule has 1 aliphatic rings. The highest BCUT2D eigenvalue weighted by Crippen LogP contribution is 2.31. The quantitative estimate of drug-likeness (QED) is 0.692. The van der Waals surface area contributed by atoms with Gasteiger partial charge in [-0.05, 0) is 32.7 Å². The number of methoxy groups -OCH3 is 1. The first kappa shape index (κ1) is 14.4. The summed E-state index contributed by atoms with van der Waals surface area (Å²) in [7, 11) is 1.70. The van der Waals surface area contributed by atoms with Gasteiger partial charge in [-0.3, -0.25) is 9.69 Å². The number of nitrogens with two attached hydrogens (primary N) is 2. The van der Waals surface area contributed by atoms with Gasteiger partial charge < -0.3 is 16.2 Å². The monoisotopic (exact) mass is 243 g/mol. The van der Waals surface area contributed by atoms with Gasteiger partial charge in [0.15, 0.2) is 0 Å². The van der Waals surface area contributed by atoms with Gasteiger partial charge in [-0.1, -0.05) is 6.92 Å². The van der Waals surface area contributed by atoms with Crippen molar-refractivity contribution in [3.8, 4) is 0 Å². The fraction of sp³-hybridized carbons (Fsp3) is 0.917. The number of amides is 1. The number of primary amides is 1. The molecule has 0 aromatic heterocycles. The highest BCUT2D eigenvalue weighted by molar-refractivity contribution is 5.84. The van der Waals surface area contributed by atoms with Gasteiger partial charge >= 0.3 is 0 Å². The molecule has 0 aromatic rings. The summed E-state index contributed by atoms with van der Waals surface area (Å²) < 4.78 is 5.18. The van der Waals surface area contributed by atoms with Crippen LogP contribution in [-0.2, 0) is 9.53 Å². The third kappa shape index (κ3) is 3.18. The molecular formula is C12H25N3O2. The molecule has 1 rings (SSSR count). The average molecular weight is 243 g/mol. The maximum atomic E-state index is 11.3. The Morgan fingerprint density at radius 2 is 2.29 bits per heavy atom. The van der Waals surface area contributed by atoms with Crippen molar-refractivity contribution < 1.29 is 9.53 Å². The fourth-order valence-electron chi connectivity index (χ4n) is 2.82. The molecule has 0 spiro atoms. The van der Waals surface area contributed by atoms with Crippen LogP contribution in [-0.4, -0.2) is 48.7 Å². The van der Waals surface area contributed by atoms with Crippen LogP contribution < -0.4 is 11.5 Å². The first-order chi connectivity index (χ1) is 7.94. The Labute approximate surface area is 103 Å². The Morgan fingerprint density at radius 3 is 2.71 bits per heavy atom. The van der Waals surface area contributed by atoms with Crippen molar-refractivity contribution in [3.05, 3.63) is 0 Å². The number of ether oxygens (including phenoxy) is 1. The summed E-state index contributed by atoms with van der Waals surface area (Å²) in [6, 6.07) is 0.674. The molecule has 3 unspecified atom stereocenters. The Bertz CT molecular complexity index is 272. The van der Waals surface area contributed by atoms with Crippen LogP contribution in [0.25, 0.3) is 0 Å². The van der Waals surface area contributed by atoms with Crippen LogP contribution >= 0.6 is 0 Å². The molecule has 1 amide bonds. The van der Waals surface area contributed by atoms with Gasteiger partial charge in [0.1, 0.15) is 0 Å². The second-order valence-corrected chi connectivity index (χ2v) is 5.05. The topological polar surface area (TPSA) is 81.6 Å². The second-order valence-electron chi connectivity index (χ2n) is 5.05. The van der Waals surface area contributed by atoms with Crippen LogP contribution in [0, 0.1) is 0 Å². The summed E-state index contributed by atoms with van der Waals surface area (Å²) >= 11 is 0. The summed E-state index contributed by atoms with van der Waals surface area (Å²) in [5.41, 5.74) is 10.6. The first-order valence-electron chi connectivity index (χ1n) is 6.28. The van der Waals surface area contributed by atoms with Crippen molar-refractivity contribution in [2.24, 2.45) is 11.5 Å². The molecule has 0 aromatic carbocycles. The SMILES string of the molecule is CCN(C(C)COC)C1CCC(N)(C(N)=O)C1. The molecule has 0 saturated heterocycles. The van der Waals surface area contributed by atoms with E-state index in [0.717, 1.165) is 13.0 Å². The Balaban J connectivity index is 2.64. The molecule has 1 fully saturated rings. The van der Waals surface area contributed by atoms with Crippen LogP contribution in [0.3, 0.4) is 0 Å². The number of rotatable bonds is 6. The Hall–Kier alpha value is -0.650. The number of likely N-dealkylation sites (N-methyl/N-ethyl adjacent to an activating group) is 1. The smallest absolute Gasteiger partial charge is 0.237 e. The van der Waals surface area contributed by atoms with Gasteiger partial charge in [-0.15, -0.1) is 0 Å². The van der Waals surface area contributed by atoms with Crippen LogP contribution in [0.1, 0.15) is 33.1 Å². The number of hydrogen-bond acceptors (Lipinski definition) is 4. The van der Waals surface area contributed by atoms with Gasteiger partial charge in [0.25, 0.3) is 0 Å². The van der Waals surface area contributed by atoms with Crippen molar-refractivity contribution in [2.45, 2.75) is 50.7 Å². The average Bonchev–Trinajstić information content (AvgIpc) is 2.64. The predicted octanol–water partition coefficient (Wildman–Crippen LogP) is 0.0785. The van der Waals surface area contributed by atoms with E-state index in [2.05, 4.69) is 18.7 Å². The van der Waals surface area contributed by atoms with Crippen molar-refractivity contribution in [1.82, 2.24) is 4.90 Å². The number of carbonyl (C=O) groups is 1. The van der Waals surface area contributed by atoms with E-state index in [-0.39, 0.29) is 5.91 Å². The van der Waals surface area contributed by atoms with E-state index in [4.69, 9.17) is 16.2 Å². The van der Waals surface area contributed by atoms with Crippen molar-refractivity contribution in [3.63, 3.8) is 0 Å². The van der Waals surface area contributed by atoms with E-state index in [1.54, 1.807) is 7.11 Å². The minimum atomic E-state index is -0.815. The van der Waals surface area contributed by atoms with Gasteiger partial charge in [0, 0.05) is 19.2 Å². The predicted molar refractivity (Wildman–Crippen MR) is 67.5 cm³/mol. The molecule has 0 radical (unpaired) electrons. The highest BCUT2D eigenvalue weighted by Gasteiger charge is 2.43. The molecule has 5 nitrogen and oxygen atoms in total. The lowest BCUT2D eigenvalue weighted by atomic mass is 9.98. The minimum absolute atomic E-state index is 0.336. The van der Waals surface area contributed by atoms with Gasteiger partial charge in [-0.25, -0.2) is 0 Å². The number of hydrogen-bond donors (Lipinski definition) is 2. The van der Waals surface area contributed by atoms with E-state index >= 15 is 0 Å². The lowest BCUT2D eigenvalue weighted by Crippen LogP contribution is -2.52. The van der Waals surface area contributed by atoms with Gasteiger partial charge in [0.05, 0.1) is 12.1 Å². The zero-order valence-corrected chi connectivity index (χ0v) is 11.1. The van der Waals surface area contributed by atoms with Crippen LogP contribution in [0.15, 0.2) is 0 Å². The van der Waals surface area contributed by atoms with Crippen LogP contribution in [0.5, 0.6) is 0 Å². The van der Waals surface area contributed by atoms with Crippen molar-refractivity contribution >= 4 is 5.91 Å². The molecule has 4 N–H and O–H groups in total. The third-order valence-corrected chi connectivity index (χ3v) is 3.82. The number of carbonyl (C=O) groups excluding carboxylic acids is 1. The third-order valence-electron chi connectivity index (χ3n) is 3.82. The molecule has 100 valence electrons. The second kappa shape index (κ2) is 5.80. The fourth-order valence-corrected chi connectivity index (χ4v) is 2.82. The lowest BCUT2D eigenvalue weighted by Gasteiger charge is -2.33. The first-order valence-corrected chi connectivity index (χ1v) is 6.28. The maximum Gasteiger partial charge on any atom is 0.237 e. The van der Waals surface area contributed by atoms with Crippen LogP contribution in [0.2, 0.25) is 0 Å². The summed E-state index contributed by atoms with van der Waals surface area (Å²) in [6.07, 6.45) is 2.27. The minimum Gasteiger partial charge on any atom is -0.383 e. The summed E-state index contributed by atoms with van der Waals surface area (Å²) in [5, 5.41) is 0. The van der Waals surface area contributed by atoms with E-state index in [0.29, 0.717) is 31.5 Å². The zero-order valence-electron chi connectivity index (χ0n) is 11.1. The Morgan fingerprint density at radius 1 is 1.65 bits per heavy atom. The Kier molecular flexibility index (Phi) is 4.91. The largest absolute Gasteiger partial charge is 0.383 e. The molecule has 5 heteroatoms. The molecule has 1 aliphatic carbocycles.